The summed E-state index contributed by atoms with van der Waals surface area (Å²) in [5, 5.41) is 2.92. The van der Waals surface area contributed by atoms with Crippen LogP contribution in [0.4, 0.5) is 0 Å². The van der Waals surface area contributed by atoms with Gasteiger partial charge in [-0.1, -0.05) is 6.07 Å². The molecule has 2 aromatic rings. The number of rotatable bonds is 7. The predicted molar refractivity (Wildman–Crippen MR) is 93.5 cm³/mol. The van der Waals surface area contributed by atoms with Crippen LogP contribution in [0.5, 0.6) is 5.75 Å². The third-order valence-electron chi connectivity index (χ3n) is 2.74. The lowest BCUT2D eigenvalue weighted by Gasteiger charge is -2.06. The van der Waals surface area contributed by atoms with Gasteiger partial charge in [0.2, 0.25) is 0 Å². The minimum Gasteiger partial charge on any atom is -0.497 e. The normalized spacial score (nSPS) is 10.4. The summed E-state index contributed by atoms with van der Waals surface area (Å²) >= 11 is 7.02. The molecule has 1 heterocycles. The Bertz CT molecular complexity index is 601. The molecule has 0 spiro atoms. The van der Waals surface area contributed by atoms with Crippen LogP contribution in [-0.2, 0) is 5.75 Å². The van der Waals surface area contributed by atoms with Crippen LogP contribution < -0.4 is 10.1 Å². The molecule has 2 rings (SSSR count). The Morgan fingerprint density at radius 2 is 2.24 bits per heavy atom. The highest BCUT2D eigenvalue weighted by Crippen LogP contribution is 2.25. The molecule has 112 valence electrons. The van der Waals surface area contributed by atoms with E-state index in [1.807, 2.05) is 23.9 Å². The van der Waals surface area contributed by atoms with Gasteiger partial charge in [0.25, 0.3) is 5.91 Å². The van der Waals surface area contributed by atoms with Crippen molar-refractivity contribution in [3.05, 3.63) is 50.6 Å². The Morgan fingerprint density at radius 3 is 2.95 bits per heavy atom. The van der Waals surface area contributed by atoms with Gasteiger partial charge in [-0.05, 0) is 46.3 Å². The zero-order chi connectivity index (χ0) is 15.1. The zero-order valence-corrected chi connectivity index (χ0v) is 14.8. The van der Waals surface area contributed by atoms with Crippen molar-refractivity contribution in [2.75, 3.05) is 19.4 Å². The van der Waals surface area contributed by atoms with Gasteiger partial charge in [-0.15, -0.1) is 11.3 Å². The lowest BCUT2D eigenvalue weighted by Crippen LogP contribution is -2.25. The molecule has 0 aliphatic heterocycles. The van der Waals surface area contributed by atoms with Crippen LogP contribution in [-0.4, -0.2) is 25.3 Å². The Kier molecular flexibility index (Phi) is 6.60. The minimum absolute atomic E-state index is 0.0617. The first-order valence-corrected chi connectivity index (χ1v) is 9.19. The summed E-state index contributed by atoms with van der Waals surface area (Å²) in [6.07, 6.45) is 0. The lowest BCUT2D eigenvalue weighted by atomic mass is 10.2. The fraction of sp³-hybridized carbons (Fsp3) is 0.267. The van der Waals surface area contributed by atoms with Crippen LogP contribution in [0.15, 0.2) is 40.2 Å². The monoisotopic (exact) mass is 385 g/mol. The molecule has 1 N–H and O–H groups in total. The highest BCUT2D eigenvalue weighted by atomic mass is 79.9. The smallest absolute Gasteiger partial charge is 0.251 e. The third-order valence-corrected chi connectivity index (χ3v) is 5.55. The highest BCUT2D eigenvalue weighted by Gasteiger charge is 2.05. The van der Waals surface area contributed by atoms with Crippen molar-refractivity contribution in [1.29, 1.82) is 0 Å². The van der Waals surface area contributed by atoms with Crippen molar-refractivity contribution in [3.8, 4) is 5.75 Å². The van der Waals surface area contributed by atoms with E-state index in [4.69, 9.17) is 4.74 Å². The molecule has 0 fully saturated rings. The molecule has 0 saturated heterocycles. The number of ether oxygens (including phenoxy) is 1. The van der Waals surface area contributed by atoms with E-state index in [1.165, 1.54) is 4.88 Å². The molecule has 0 aliphatic carbocycles. The Morgan fingerprint density at radius 1 is 1.38 bits per heavy atom. The van der Waals surface area contributed by atoms with Gasteiger partial charge < -0.3 is 10.1 Å². The van der Waals surface area contributed by atoms with Crippen LogP contribution >= 0.6 is 39.0 Å². The summed E-state index contributed by atoms with van der Waals surface area (Å²) in [4.78, 5) is 13.3. The number of methoxy groups -OCH3 is 1. The second kappa shape index (κ2) is 8.46. The third kappa shape index (κ3) is 5.37. The average Bonchev–Trinajstić information content (AvgIpc) is 2.92. The molecule has 6 heteroatoms. The number of carbonyl (C=O) groups is 1. The summed E-state index contributed by atoms with van der Waals surface area (Å²) in [5.41, 5.74) is 0.626. The standard InChI is InChI=1S/C15H16BrNO2S2/c1-19-12-4-2-3-11(9-12)15(18)17-7-8-20-10-13-5-6-14(16)21-13/h2-6,9H,7-8,10H2,1H3,(H,17,18). The van der Waals surface area contributed by atoms with Crippen LogP contribution in [0.1, 0.15) is 15.2 Å². The van der Waals surface area contributed by atoms with E-state index in [9.17, 15) is 4.79 Å². The summed E-state index contributed by atoms with van der Waals surface area (Å²) in [6.45, 7) is 0.660. The molecular formula is C15H16BrNO2S2. The number of benzene rings is 1. The van der Waals surface area contributed by atoms with Crippen LogP contribution in [0.2, 0.25) is 0 Å². The molecule has 21 heavy (non-hydrogen) atoms. The Hall–Kier alpha value is -0.980. The van der Waals surface area contributed by atoms with Crippen molar-refractivity contribution in [2.45, 2.75) is 5.75 Å². The van der Waals surface area contributed by atoms with Gasteiger partial charge in [0.05, 0.1) is 10.9 Å². The number of thioether (sulfide) groups is 1. The summed E-state index contributed by atoms with van der Waals surface area (Å²) in [6, 6.07) is 11.4. The van der Waals surface area contributed by atoms with Crippen LogP contribution in [0.25, 0.3) is 0 Å². The number of amides is 1. The van der Waals surface area contributed by atoms with Gasteiger partial charge in [0.15, 0.2) is 0 Å². The first-order valence-electron chi connectivity index (χ1n) is 6.43. The van der Waals surface area contributed by atoms with Gasteiger partial charge in [-0.25, -0.2) is 0 Å². The van der Waals surface area contributed by atoms with E-state index in [2.05, 4.69) is 33.4 Å². The second-order valence-corrected chi connectivity index (χ2v) is 7.90. The Balaban J connectivity index is 1.69. The van der Waals surface area contributed by atoms with E-state index < -0.39 is 0 Å². The minimum atomic E-state index is -0.0617. The summed E-state index contributed by atoms with van der Waals surface area (Å²) < 4.78 is 6.27. The molecule has 0 unspecified atom stereocenters. The molecular weight excluding hydrogens is 370 g/mol. The van der Waals surface area contributed by atoms with E-state index in [0.717, 1.165) is 15.3 Å². The van der Waals surface area contributed by atoms with Gasteiger partial charge in [0, 0.05) is 28.5 Å². The van der Waals surface area contributed by atoms with Crippen molar-refractivity contribution >= 4 is 44.9 Å². The number of hydrogen-bond acceptors (Lipinski definition) is 4. The van der Waals surface area contributed by atoms with Gasteiger partial charge in [0.1, 0.15) is 5.75 Å². The molecule has 1 aromatic carbocycles. The largest absolute Gasteiger partial charge is 0.497 e. The second-order valence-electron chi connectivity index (χ2n) is 4.25. The van der Waals surface area contributed by atoms with Gasteiger partial charge in [-0.2, -0.15) is 11.8 Å². The lowest BCUT2D eigenvalue weighted by molar-refractivity contribution is 0.0956. The fourth-order valence-electron chi connectivity index (χ4n) is 1.71. The molecule has 1 aromatic heterocycles. The number of thiophene rings is 1. The van der Waals surface area contributed by atoms with Gasteiger partial charge >= 0.3 is 0 Å². The zero-order valence-electron chi connectivity index (χ0n) is 11.6. The van der Waals surface area contributed by atoms with Crippen molar-refractivity contribution in [1.82, 2.24) is 5.32 Å². The highest BCUT2D eigenvalue weighted by molar-refractivity contribution is 9.11. The van der Waals surface area contributed by atoms with E-state index in [-0.39, 0.29) is 5.91 Å². The Labute approximate surface area is 141 Å². The number of hydrogen-bond donors (Lipinski definition) is 1. The average molecular weight is 386 g/mol. The summed E-state index contributed by atoms with van der Waals surface area (Å²) in [7, 11) is 1.59. The van der Waals surface area contributed by atoms with E-state index in [1.54, 1.807) is 30.6 Å². The SMILES string of the molecule is COc1cccc(C(=O)NCCSCc2ccc(Br)s2)c1. The topological polar surface area (TPSA) is 38.3 Å². The quantitative estimate of drug-likeness (QED) is 0.726. The number of nitrogens with one attached hydrogen (secondary N) is 1. The fourth-order valence-corrected chi connectivity index (χ4v) is 4.16. The molecule has 3 nitrogen and oxygen atoms in total. The van der Waals surface area contributed by atoms with Crippen LogP contribution in [0.3, 0.4) is 0 Å². The van der Waals surface area contributed by atoms with Crippen molar-refractivity contribution < 1.29 is 9.53 Å². The van der Waals surface area contributed by atoms with E-state index >= 15 is 0 Å². The van der Waals surface area contributed by atoms with Crippen molar-refractivity contribution in [3.63, 3.8) is 0 Å². The number of carbonyl (C=O) groups excluding carboxylic acids is 1. The maximum atomic E-state index is 12.0. The maximum absolute atomic E-state index is 12.0. The predicted octanol–water partition coefficient (Wildman–Crippen LogP) is 4.18. The molecule has 0 aliphatic rings. The molecule has 0 atom stereocenters. The molecule has 0 saturated carbocycles. The molecule has 0 radical (unpaired) electrons. The first-order chi connectivity index (χ1) is 10.2. The van der Waals surface area contributed by atoms with Gasteiger partial charge in [-0.3, -0.25) is 4.79 Å². The van der Waals surface area contributed by atoms with E-state index in [0.29, 0.717) is 17.9 Å². The summed E-state index contributed by atoms with van der Waals surface area (Å²) in [5.74, 6) is 2.50. The maximum Gasteiger partial charge on any atom is 0.251 e. The molecule has 0 bridgehead atoms. The molecule has 1 amide bonds. The van der Waals surface area contributed by atoms with Crippen molar-refractivity contribution in [2.24, 2.45) is 0 Å². The number of halogens is 1. The van der Waals surface area contributed by atoms with Crippen LogP contribution in [0, 0.1) is 0 Å². The first kappa shape index (κ1) is 16.4.